The molecule has 33 heavy (non-hydrogen) atoms. The van der Waals surface area contributed by atoms with Gasteiger partial charge in [-0.1, -0.05) is 79.8 Å². The Bertz CT molecular complexity index is 795. The van der Waals surface area contributed by atoms with Crippen LogP contribution < -0.4 is 10.1 Å². The van der Waals surface area contributed by atoms with Crippen LogP contribution in [0.1, 0.15) is 65.2 Å². The molecule has 0 bridgehead atoms. The number of hydrogen-bond acceptors (Lipinski definition) is 2. The molecule has 1 N–H and O–H groups in total. The molecule has 3 nitrogen and oxygen atoms in total. The molecule has 0 unspecified atom stereocenters. The van der Waals surface area contributed by atoms with Crippen molar-refractivity contribution in [3.8, 4) is 5.75 Å². The number of benzene rings is 1. The second kappa shape index (κ2) is 20.8. The van der Waals surface area contributed by atoms with E-state index in [0.717, 1.165) is 56.4 Å². The fourth-order valence-electron chi connectivity index (χ4n) is 2.88. The van der Waals surface area contributed by atoms with E-state index >= 15 is 0 Å². The lowest BCUT2D eigenvalue weighted by atomic mass is 10.2. The number of allylic oxidation sites excluding steroid dienone is 12. The molecule has 1 amide bonds. The van der Waals surface area contributed by atoms with Gasteiger partial charge in [0.2, 0.25) is 5.91 Å². The molecule has 0 saturated carbocycles. The Kier molecular flexibility index (Phi) is 17.6. The van der Waals surface area contributed by atoms with Crippen molar-refractivity contribution >= 4 is 11.6 Å². The van der Waals surface area contributed by atoms with Gasteiger partial charge in [-0.3, -0.25) is 4.79 Å². The Morgan fingerprint density at radius 3 is 1.61 bits per heavy atom. The third-order valence-corrected chi connectivity index (χ3v) is 4.58. The molecule has 3 heteroatoms. The fraction of sp³-hybridized carbons (Fsp3) is 0.367. The van der Waals surface area contributed by atoms with Crippen LogP contribution in [-0.2, 0) is 4.79 Å². The van der Waals surface area contributed by atoms with Crippen LogP contribution in [-0.4, -0.2) is 12.5 Å². The maximum Gasteiger partial charge on any atom is 0.224 e. The highest BCUT2D eigenvalue weighted by Crippen LogP contribution is 2.15. The predicted octanol–water partition coefficient (Wildman–Crippen LogP) is 8.50. The number of nitrogens with one attached hydrogen (secondary N) is 1. The van der Waals surface area contributed by atoms with Gasteiger partial charge < -0.3 is 10.1 Å². The van der Waals surface area contributed by atoms with Crippen molar-refractivity contribution in [2.45, 2.75) is 65.2 Å². The van der Waals surface area contributed by atoms with Gasteiger partial charge in [-0.2, -0.15) is 0 Å². The van der Waals surface area contributed by atoms with Crippen molar-refractivity contribution in [1.82, 2.24) is 0 Å². The van der Waals surface area contributed by atoms with Gasteiger partial charge >= 0.3 is 0 Å². The lowest BCUT2D eigenvalue weighted by molar-refractivity contribution is -0.116. The Labute approximate surface area is 201 Å². The Morgan fingerprint density at radius 1 is 0.697 bits per heavy atom. The molecule has 0 radical (unpaired) electrons. The zero-order valence-corrected chi connectivity index (χ0v) is 20.4. The molecular weight excluding hydrogens is 406 g/mol. The first kappa shape index (κ1) is 28.0. The van der Waals surface area contributed by atoms with E-state index in [2.05, 4.69) is 85.2 Å². The molecule has 0 fully saturated rings. The van der Waals surface area contributed by atoms with Crippen molar-refractivity contribution in [2.75, 3.05) is 11.9 Å². The topological polar surface area (TPSA) is 38.3 Å². The summed E-state index contributed by atoms with van der Waals surface area (Å²) < 4.78 is 5.40. The first-order valence-corrected chi connectivity index (χ1v) is 12.2. The highest BCUT2D eigenvalue weighted by Gasteiger charge is 2.01. The second-order valence-electron chi connectivity index (χ2n) is 7.46. The number of anilines is 1. The number of hydrogen-bond donors (Lipinski definition) is 1. The normalized spacial score (nSPS) is 12.4. The average molecular weight is 448 g/mol. The van der Waals surface area contributed by atoms with Gasteiger partial charge in [-0.15, -0.1) is 0 Å². The first-order chi connectivity index (χ1) is 16.3. The standard InChI is InChI=1S/C30H41NO2/c1-3-5-6-7-8-9-10-11-12-13-14-15-16-17-18-19-20-21-22-23-30(32)31-28-24-26-29(27-25-28)33-4-2/h5-6,8-9,11-12,14-15,17-18,20-21,24-27H,3-4,7,10,13,16,19,22-23H2,1-2H3,(H,31,32)/b6-5-,9-8-,12-11-,15-14-,18-17-,21-20-. The van der Waals surface area contributed by atoms with Crippen molar-refractivity contribution in [3.63, 3.8) is 0 Å². The van der Waals surface area contributed by atoms with Crippen LogP contribution in [0.5, 0.6) is 5.75 Å². The summed E-state index contributed by atoms with van der Waals surface area (Å²) in [5, 5.41) is 2.91. The Hall–Kier alpha value is -3.07. The number of ether oxygens (including phenoxy) is 1. The van der Waals surface area contributed by atoms with E-state index in [1.807, 2.05) is 31.2 Å². The van der Waals surface area contributed by atoms with Crippen LogP contribution in [0.4, 0.5) is 5.69 Å². The largest absolute Gasteiger partial charge is 0.494 e. The highest BCUT2D eigenvalue weighted by molar-refractivity contribution is 5.90. The number of carbonyl (C=O) groups excluding carboxylic acids is 1. The Morgan fingerprint density at radius 2 is 1.15 bits per heavy atom. The van der Waals surface area contributed by atoms with Gasteiger partial charge in [0.1, 0.15) is 5.75 Å². The molecule has 0 aliphatic heterocycles. The van der Waals surface area contributed by atoms with E-state index in [4.69, 9.17) is 4.74 Å². The van der Waals surface area contributed by atoms with E-state index in [-0.39, 0.29) is 5.91 Å². The summed E-state index contributed by atoms with van der Waals surface area (Å²) in [5.41, 5.74) is 0.797. The van der Waals surface area contributed by atoms with Gasteiger partial charge in [0.15, 0.2) is 0 Å². The van der Waals surface area contributed by atoms with Crippen LogP contribution in [0.25, 0.3) is 0 Å². The van der Waals surface area contributed by atoms with Crippen LogP contribution in [0.2, 0.25) is 0 Å². The third kappa shape index (κ3) is 17.2. The van der Waals surface area contributed by atoms with Gasteiger partial charge in [0.05, 0.1) is 6.61 Å². The molecular formula is C30H41NO2. The first-order valence-electron chi connectivity index (χ1n) is 12.2. The molecule has 0 atom stereocenters. The summed E-state index contributed by atoms with van der Waals surface area (Å²) in [7, 11) is 0. The smallest absolute Gasteiger partial charge is 0.224 e. The molecule has 1 aromatic carbocycles. The van der Waals surface area contributed by atoms with E-state index < -0.39 is 0 Å². The SMILES string of the molecule is CC/C=C\C/C=C\C/C=C\C/C=C\C/C=C\C/C=C\CCC(=O)Nc1ccc(OCC)cc1. The highest BCUT2D eigenvalue weighted by atomic mass is 16.5. The molecule has 1 rings (SSSR count). The zero-order chi connectivity index (χ0) is 23.8. The summed E-state index contributed by atoms with van der Waals surface area (Å²) in [6, 6.07) is 7.45. The van der Waals surface area contributed by atoms with Gasteiger partial charge in [-0.05, 0) is 76.1 Å². The monoisotopic (exact) mass is 447 g/mol. The second-order valence-corrected chi connectivity index (χ2v) is 7.46. The summed E-state index contributed by atoms with van der Waals surface area (Å²) in [6.07, 6.45) is 33.4. The molecule has 0 saturated heterocycles. The molecule has 0 aromatic heterocycles. The third-order valence-electron chi connectivity index (χ3n) is 4.58. The molecule has 0 aliphatic carbocycles. The van der Waals surface area contributed by atoms with Crippen molar-refractivity contribution in [2.24, 2.45) is 0 Å². The van der Waals surface area contributed by atoms with E-state index in [0.29, 0.717) is 13.0 Å². The summed E-state index contributed by atoms with van der Waals surface area (Å²) in [4.78, 5) is 12.0. The molecule has 0 heterocycles. The maximum atomic E-state index is 12.0. The minimum atomic E-state index is 0.0266. The van der Waals surface area contributed by atoms with E-state index in [1.54, 1.807) is 0 Å². The Balaban J connectivity index is 2.03. The fourth-order valence-corrected chi connectivity index (χ4v) is 2.88. The van der Waals surface area contributed by atoms with Crippen LogP contribution in [0.3, 0.4) is 0 Å². The minimum absolute atomic E-state index is 0.0266. The van der Waals surface area contributed by atoms with Crippen molar-refractivity contribution < 1.29 is 9.53 Å². The predicted molar refractivity (Wildman–Crippen MR) is 144 cm³/mol. The lowest BCUT2D eigenvalue weighted by Crippen LogP contribution is -2.10. The summed E-state index contributed by atoms with van der Waals surface area (Å²) in [5.74, 6) is 0.840. The van der Waals surface area contributed by atoms with Crippen LogP contribution in [0, 0.1) is 0 Å². The summed E-state index contributed by atoms with van der Waals surface area (Å²) in [6.45, 7) is 4.74. The number of carbonyl (C=O) groups is 1. The van der Waals surface area contributed by atoms with E-state index in [9.17, 15) is 4.79 Å². The molecule has 1 aromatic rings. The van der Waals surface area contributed by atoms with Gasteiger partial charge in [-0.25, -0.2) is 0 Å². The molecule has 0 aliphatic rings. The zero-order valence-electron chi connectivity index (χ0n) is 20.4. The van der Waals surface area contributed by atoms with Crippen molar-refractivity contribution in [3.05, 3.63) is 97.2 Å². The summed E-state index contributed by atoms with van der Waals surface area (Å²) >= 11 is 0. The molecule has 178 valence electrons. The van der Waals surface area contributed by atoms with Gasteiger partial charge in [0, 0.05) is 12.1 Å². The van der Waals surface area contributed by atoms with E-state index in [1.165, 1.54) is 0 Å². The van der Waals surface area contributed by atoms with Crippen molar-refractivity contribution in [1.29, 1.82) is 0 Å². The van der Waals surface area contributed by atoms with Gasteiger partial charge in [0.25, 0.3) is 0 Å². The molecule has 0 spiro atoms. The average Bonchev–Trinajstić information content (AvgIpc) is 2.82. The quantitative estimate of drug-likeness (QED) is 0.243. The number of amides is 1. The maximum absolute atomic E-state index is 12.0. The minimum Gasteiger partial charge on any atom is -0.494 e. The lowest BCUT2D eigenvalue weighted by Gasteiger charge is -2.06. The van der Waals surface area contributed by atoms with Crippen LogP contribution >= 0.6 is 0 Å². The van der Waals surface area contributed by atoms with Crippen LogP contribution in [0.15, 0.2) is 97.2 Å². The number of rotatable bonds is 17.